The summed E-state index contributed by atoms with van der Waals surface area (Å²) in [6.07, 6.45) is 0.835. The van der Waals surface area contributed by atoms with Crippen LogP contribution in [0.2, 0.25) is 0 Å². The molecule has 0 saturated carbocycles. The third kappa shape index (κ3) is 3.36. The molecule has 5 nitrogen and oxygen atoms in total. The molecule has 0 aromatic heterocycles. The second-order valence-electron chi connectivity index (χ2n) is 7.16. The van der Waals surface area contributed by atoms with Gasteiger partial charge in [0, 0.05) is 4.47 Å². The highest BCUT2D eigenvalue weighted by Gasteiger charge is 2.35. The molecule has 0 saturated heterocycles. The number of hydrogen-bond acceptors (Lipinski definition) is 5. The Balaban J connectivity index is 2.14. The number of ether oxygens (including phenoxy) is 1. The van der Waals surface area contributed by atoms with Crippen molar-refractivity contribution in [2.45, 2.75) is 45.8 Å². The lowest BCUT2D eigenvalue weighted by atomic mass is 9.99. The first-order valence-electron chi connectivity index (χ1n) is 9.37. The zero-order valence-corrected chi connectivity index (χ0v) is 19.5. The van der Waals surface area contributed by atoms with Crippen LogP contribution >= 0.6 is 15.9 Å². The van der Waals surface area contributed by atoms with E-state index < -0.39 is 19.7 Å². The number of rotatable bonds is 2. The van der Waals surface area contributed by atoms with Gasteiger partial charge in [0.05, 0.1) is 9.79 Å². The molecule has 1 aliphatic heterocycles. The van der Waals surface area contributed by atoms with Crippen LogP contribution in [0.3, 0.4) is 0 Å². The van der Waals surface area contributed by atoms with Crippen LogP contribution in [0.5, 0.6) is 11.5 Å². The maximum atomic E-state index is 13.6. The summed E-state index contributed by atoms with van der Waals surface area (Å²) in [6.45, 7) is 4.03. The van der Waals surface area contributed by atoms with Crippen LogP contribution in [0.1, 0.15) is 31.7 Å². The summed E-state index contributed by atoms with van der Waals surface area (Å²) in [6, 6.07) is 15.3. The van der Waals surface area contributed by atoms with Gasteiger partial charge in [0.25, 0.3) is 0 Å². The predicted molar refractivity (Wildman–Crippen MR) is 117 cm³/mol. The van der Waals surface area contributed by atoms with E-state index in [1.807, 2.05) is 19.9 Å². The lowest BCUT2D eigenvalue weighted by Gasteiger charge is -2.15. The van der Waals surface area contributed by atoms with Crippen molar-refractivity contribution in [1.82, 2.24) is 0 Å². The van der Waals surface area contributed by atoms with Gasteiger partial charge in [0.1, 0.15) is 21.3 Å². The van der Waals surface area contributed by atoms with Crippen LogP contribution < -0.4 is 4.74 Å². The quantitative estimate of drug-likeness (QED) is 0.346. The minimum absolute atomic E-state index is 0.0429. The molecular formula is C22H19BrO5S2. The Labute approximate surface area is 184 Å². The predicted octanol–water partition coefficient (Wildman–Crippen LogP) is 5.73. The fraction of sp³-hybridized carbons (Fsp3) is 0.182. The Bertz CT molecular complexity index is 1360. The van der Waals surface area contributed by atoms with Crippen molar-refractivity contribution in [2.75, 3.05) is 0 Å². The molecular weight excluding hydrogens is 488 g/mol. The minimum atomic E-state index is -4.16. The largest absolute Gasteiger partial charge is 0.455 e. The molecule has 1 atom stereocenters. The van der Waals surface area contributed by atoms with Crippen LogP contribution in [0.15, 0.2) is 84.7 Å². The third-order valence-electron chi connectivity index (χ3n) is 5.28. The SMILES string of the molecule is CCC(C)c1ccc2c(c1)S(=O)(=O)c1ccccc1S(=O)(=O)c1cc(Br)ccc1O2. The molecule has 0 bridgehead atoms. The van der Waals surface area contributed by atoms with Crippen molar-refractivity contribution in [3.05, 3.63) is 70.7 Å². The molecule has 0 N–H and O–H groups in total. The van der Waals surface area contributed by atoms with E-state index >= 15 is 0 Å². The van der Waals surface area contributed by atoms with Gasteiger partial charge in [0.15, 0.2) is 0 Å². The average molecular weight is 507 g/mol. The van der Waals surface area contributed by atoms with Crippen LogP contribution in [-0.4, -0.2) is 16.8 Å². The molecule has 0 spiro atoms. The molecule has 1 unspecified atom stereocenters. The Morgan fingerprint density at radius 1 is 0.800 bits per heavy atom. The zero-order chi connectivity index (χ0) is 21.7. The van der Waals surface area contributed by atoms with Gasteiger partial charge in [-0.05, 0) is 60.4 Å². The fourth-order valence-electron chi connectivity index (χ4n) is 3.39. The average Bonchev–Trinajstić information content (AvgIpc) is 2.75. The zero-order valence-electron chi connectivity index (χ0n) is 16.3. The first-order valence-corrected chi connectivity index (χ1v) is 13.1. The van der Waals surface area contributed by atoms with Gasteiger partial charge in [-0.1, -0.05) is 48.0 Å². The minimum Gasteiger partial charge on any atom is -0.455 e. The number of hydrogen-bond donors (Lipinski definition) is 0. The van der Waals surface area contributed by atoms with Crippen molar-refractivity contribution in [2.24, 2.45) is 0 Å². The van der Waals surface area contributed by atoms with E-state index in [4.69, 9.17) is 4.74 Å². The molecule has 8 heteroatoms. The van der Waals surface area contributed by atoms with Crippen LogP contribution in [0, 0.1) is 0 Å². The molecule has 30 heavy (non-hydrogen) atoms. The van der Waals surface area contributed by atoms with E-state index in [2.05, 4.69) is 15.9 Å². The normalized spacial score (nSPS) is 17.2. The van der Waals surface area contributed by atoms with Crippen molar-refractivity contribution >= 4 is 35.6 Å². The van der Waals surface area contributed by atoms with E-state index in [-0.39, 0.29) is 37.0 Å². The summed E-state index contributed by atoms with van der Waals surface area (Å²) in [4.78, 5) is -0.671. The summed E-state index contributed by atoms with van der Waals surface area (Å²) in [5.74, 6) is 0.306. The van der Waals surface area contributed by atoms with E-state index in [0.717, 1.165) is 12.0 Å². The van der Waals surface area contributed by atoms with Gasteiger partial charge in [-0.2, -0.15) is 0 Å². The highest BCUT2D eigenvalue weighted by atomic mass is 79.9. The summed E-state index contributed by atoms with van der Waals surface area (Å²) in [5, 5.41) is 0. The highest BCUT2D eigenvalue weighted by molar-refractivity contribution is 9.10. The lowest BCUT2D eigenvalue weighted by molar-refractivity contribution is 0.454. The molecule has 0 amide bonds. The van der Waals surface area contributed by atoms with Gasteiger partial charge in [0.2, 0.25) is 19.7 Å². The molecule has 156 valence electrons. The number of sulfone groups is 2. The first-order chi connectivity index (χ1) is 14.2. The van der Waals surface area contributed by atoms with E-state index in [1.165, 1.54) is 36.4 Å². The summed E-state index contributed by atoms with van der Waals surface area (Å²) in [5.41, 5.74) is 0.846. The summed E-state index contributed by atoms with van der Waals surface area (Å²) >= 11 is 3.30. The van der Waals surface area contributed by atoms with E-state index in [0.29, 0.717) is 4.47 Å². The van der Waals surface area contributed by atoms with E-state index in [1.54, 1.807) is 18.2 Å². The van der Waals surface area contributed by atoms with Gasteiger partial charge in [-0.25, -0.2) is 16.8 Å². The second kappa shape index (κ2) is 7.51. The Morgan fingerprint density at radius 2 is 1.33 bits per heavy atom. The topological polar surface area (TPSA) is 77.5 Å². The number of fused-ring (bicyclic) bond motifs is 3. The Kier molecular flexibility index (Phi) is 5.28. The second-order valence-corrected chi connectivity index (χ2v) is 11.9. The molecule has 0 aliphatic carbocycles. The molecule has 1 heterocycles. The monoisotopic (exact) mass is 506 g/mol. The van der Waals surface area contributed by atoms with E-state index in [9.17, 15) is 16.8 Å². The molecule has 1 aliphatic rings. The highest BCUT2D eigenvalue weighted by Crippen LogP contribution is 2.43. The first kappa shape index (κ1) is 21.1. The molecule has 4 rings (SSSR count). The van der Waals surface area contributed by atoms with Crippen LogP contribution in [0.25, 0.3) is 0 Å². The molecule has 3 aromatic carbocycles. The lowest BCUT2D eigenvalue weighted by Crippen LogP contribution is -2.10. The van der Waals surface area contributed by atoms with Crippen molar-refractivity contribution in [3.8, 4) is 11.5 Å². The van der Waals surface area contributed by atoms with Crippen molar-refractivity contribution in [1.29, 1.82) is 0 Å². The fourth-order valence-corrected chi connectivity index (χ4v) is 7.54. The smallest absolute Gasteiger partial charge is 0.211 e. The number of halogens is 1. The van der Waals surface area contributed by atoms with Gasteiger partial charge >= 0.3 is 0 Å². The summed E-state index contributed by atoms with van der Waals surface area (Å²) < 4.78 is 60.7. The van der Waals surface area contributed by atoms with Crippen LogP contribution in [0.4, 0.5) is 0 Å². The maximum Gasteiger partial charge on any atom is 0.211 e. The van der Waals surface area contributed by atoms with Gasteiger partial charge < -0.3 is 4.74 Å². The third-order valence-corrected chi connectivity index (χ3v) is 9.57. The molecule has 0 radical (unpaired) electrons. The summed E-state index contributed by atoms with van der Waals surface area (Å²) in [7, 11) is -8.32. The van der Waals surface area contributed by atoms with Gasteiger partial charge in [-0.15, -0.1) is 0 Å². The maximum absolute atomic E-state index is 13.6. The molecule has 0 fully saturated rings. The number of benzene rings is 3. The van der Waals surface area contributed by atoms with Gasteiger partial charge in [-0.3, -0.25) is 0 Å². The van der Waals surface area contributed by atoms with Crippen LogP contribution in [-0.2, 0) is 19.7 Å². The Morgan fingerprint density at radius 3 is 1.90 bits per heavy atom. The Hall–Kier alpha value is -2.16. The van der Waals surface area contributed by atoms with Crippen molar-refractivity contribution in [3.63, 3.8) is 0 Å². The molecule has 3 aromatic rings. The standard InChI is InChI=1S/C22H19BrO5S2/c1-3-14(2)15-8-10-17-21(12-15)29(24,25)19-6-4-5-7-20(19)30(26,27)22-13-16(23)9-11-18(22)28-17/h4-14H,3H2,1-2H3. The van der Waals surface area contributed by atoms with Crippen molar-refractivity contribution < 1.29 is 21.6 Å².